The average Bonchev–Trinajstić information content (AvgIpc) is 2.38. The lowest BCUT2D eigenvalue weighted by atomic mass is 9.97. The summed E-state index contributed by atoms with van der Waals surface area (Å²) in [4.78, 5) is 22.8. The minimum atomic E-state index is -0.531. The number of nitrogens with zero attached hydrogens (tertiary/aromatic N) is 1. The molecule has 4 heteroatoms. The first kappa shape index (κ1) is 13.0. The van der Waals surface area contributed by atoms with Crippen molar-refractivity contribution in [2.45, 2.75) is 13.8 Å². The van der Waals surface area contributed by atoms with Crippen LogP contribution in [0.2, 0.25) is 0 Å². The van der Waals surface area contributed by atoms with Gasteiger partial charge >= 0.3 is 0 Å². The van der Waals surface area contributed by atoms with Gasteiger partial charge in [-0.05, 0) is 25.5 Å². The Hall–Kier alpha value is -2.49. The van der Waals surface area contributed by atoms with Gasteiger partial charge in [0.05, 0.1) is 4.92 Å². The normalized spacial score (nSPS) is 10.2. The first-order valence-corrected chi connectivity index (χ1v) is 5.86. The lowest BCUT2D eigenvalue weighted by Crippen LogP contribution is -2.07. The van der Waals surface area contributed by atoms with Crippen LogP contribution in [0.3, 0.4) is 0 Å². The van der Waals surface area contributed by atoms with E-state index in [9.17, 15) is 14.9 Å². The maximum Gasteiger partial charge on any atom is 0.280 e. The van der Waals surface area contributed by atoms with Gasteiger partial charge in [-0.3, -0.25) is 14.9 Å². The van der Waals surface area contributed by atoms with Gasteiger partial charge in [-0.1, -0.05) is 35.9 Å². The monoisotopic (exact) mass is 255 g/mol. The number of hydrogen-bond donors (Lipinski definition) is 0. The zero-order chi connectivity index (χ0) is 14.0. The molecule has 0 saturated carbocycles. The molecular weight excluding hydrogens is 242 g/mol. The summed E-state index contributed by atoms with van der Waals surface area (Å²) in [6, 6.07) is 11.4. The summed E-state index contributed by atoms with van der Waals surface area (Å²) < 4.78 is 0. The molecule has 0 fully saturated rings. The molecule has 0 spiro atoms. The minimum absolute atomic E-state index is 0.124. The summed E-state index contributed by atoms with van der Waals surface area (Å²) in [7, 11) is 0. The number of nitro benzene ring substituents is 1. The summed E-state index contributed by atoms with van der Waals surface area (Å²) in [5.74, 6) is -0.315. The number of nitro groups is 1. The molecule has 0 amide bonds. The van der Waals surface area contributed by atoms with Gasteiger partial charge in [-0.2, -0.15) is 0 Å². The Kier molecular flexibility index (Phi) is 3.42. The number of para-hydroxylation sites is 1. The standard InChI is InChI=1S/C15H13NO3/c1-10-7-8-12(11(2)9-10)15(17)13-5-3-4-6-14(13)16(18)19/h3-9H,1-2H3. The van der Waals surface area contributed by atoms with E-state index in [1.54, 1.807) is 18.2 Å². The smallest absolute Gasteiger partial charge is 0.280 e. The van der Waals surface area contributed by atoms with E-state index < -0.39 is 4.92 Å². The topological polar surface area (TPSA) is 60.2 Å². The highest BCUT2D eigenvalue weighted by Gasteiger charge is 2.21. The molecule has 0 saturated heterocycles. The molecule has 0 radical (unpaired) electrons. The third kappa shape index (κ3) is 2.52. The Balaban J connectivity index is 2.53. The van der Waals surface area contributed by atoms with Crippen LogP contribution >= 0.6 is 0 Å². The average molecular weight is 255 g/mol. The van der Waals surface area contributed by atoms with Crippen LogP contribution in [0.25, 0.3) is 0 Å². The van der Waals surface area contributed by atoms with Crippen molar-refractivity contribution in [3.63, 3.8) is 0 Å². The second kappa shape index (κ2) is 5.02. The molecular formula is C15H13NO3. The second-order valence-electron chi connectivity index (χ2n) is 4.42. The van der Waals surface area contributed by atoms with Crippen molar-refractivity contribution in [1.29, 1.82) is 0 Å². The molecule has 4 nitrogen and oxygen atoms in total. The van der Waals surface area contributed by atoms with Gasteiger partial charge in [0.2, 0.25) is 0 Å². The fraction of sp³-hybridized carbons (Fsp3) is 0.133. The van der Waals surface area contributed by atoms with Gasteiger partial charge in [0, 0.05) is 11.6 Å². The lowest BCUT2D eigenvalue weighted by molar-refractivity contribution is -0.385. The van der Waals surface area contributed by atoms with Crippen LogP contribution < -0.4 is 0 Å². The highest BCUT2D eigenvalue weighted by atomic mass is 16.6. The first-order valence-electron chi connectivity index (χ1n) is 5.86. The quantitative estimate of drug-likeness (QED) is 0.479. The number of carbonyl (C=O) groups is 1. The lowest BCUT2D eigenvalue weighted by Gasteiger charge is -2.06. The van der Waals surface area contributed by atoms with Gasteiger partial charge in [0.15, 0.2) is 5.78 Å². The number of carbonyl (C=O) groups excluding carboxylic acids is 1. The molecule has 96 valence electrons. The van der Waals surface area contributed by atoms with Crippen molar-refractivity contribution in [3.8, 4) is 0 Å². The summed E-state index contributed by atoms with van der Waals surface area (Å²) in [5, 5.41) is 10.9. The molecule has 0 atom stereocenters. The van der Waals surface area contributed by atoms with E-state index in [1.807, 2.05) is 26.0 Å². The highest BCUT2D eigenvalue weighted by molar-refractivity contribution is 6.12. The van der Waals surface area contributed by atoms with Crippen molar-refractivity contribution in [1.82, 2.24) is 0 Å². The van der Waals surface area contributed by atoms with Crippen molar-refractivity contribution < 1.29 is 9.72 Å². The molecule has 19 heavy (non-hydrogen) atoms. The first-order chi connectivity index (χ1) is 9.00. The summed E-state index contributed by atoms with van der Waals surface area (Å²) in [6.45, 7) is 3.77. The van der Waals surface area contributed by atoms with Crippen LogP contribution in [0.5, 0.6) is 0 Å². The molecule has 0 N–H and O–H groups in total. The van der Waals surface area contributed by atoms with Crippen LogP contribution in [-0.4, -0.2) is 10.7 Å². The van der Waals surface area contributed by atoms with Crippen LogP contribution in [0, 0.1) is 24.0 Å². The SMILES string of the molecule is Cc1ccc(C(=O)c2ccccc2[N+](=O)[O-])c(C)c1. The van der Waals surface area contributed by atoms with Gasteiger partial charge < -0.3 is 0 Å². The predicted molar refractivity (Wildman–Crippen MR) is 72.4 cm³/mol. The van der Waals surface area contributed by atoms with Gasteiger partial charge in [0.25, 0.3) is 5.69 Å². The summed E-state index contributed by atoms with van der Waals surface area (Å²) in [6.07, 6.45) is 0. The van der Waals surface area contributed by atoms with Crippen LogP contribution in [0.4, 0.5) is 5.69 Å². The van der Waals surface area contributed by atoms with E-state index in [4.69, 9.17) is 0 Å². The third-order valence-electron chi connectivity index (χ3n) is 2.97. The van der Waals surface area contributed by atoms with E-state index in [-0.39, 0.29) is 17.0 Å². The number of aryl methyl sites for hydroxylation is 2. The molecule has 0 heterocycles. The predicted octanol–water partition coefficient (Wildman–Crippen LogP) is 3.44. The minimum Gasteiger partial charge on any atom is -0.288 e. The Morgan fingerprint density at radius 3 is 2.37 bits per heavy atom. The summed E-state index contributed by atoms with van der Waals surface area (Å²) in [5.41, 5.74) is 2.34. The van der Waals surface area contributed by atoms with E-state index in [0.29, 0.717) is 5.56 Å². The highest BCUT2D eigenvalue weighted by Crippen LogP contribution is 2.23. The fourth-order valence-electron chi connectivity index (χ4n) is 2.04. The largest absolute Gasteiger partial charge is 0.288 e. The molecule has 0 aliphatic carbocycles. The molecule has 2 aromatic rings. The maximum absolute atomic E-state index is 12.4. The Morgan fingerprint density at radius 2 is 1.74 bits per heavy atom. The molecule has 0 aromatic heterocycles. The fourth-order valence-corrected chi connectivity index (χ4v) is 2.04. The number of rotatable bonds is 3. The Labute approximate surface area is 110 Å². The second-order valence-corrected chi connectivity index (χ2v) is 4.42. The zero-order valence-corrected chi connectivity index (χ0v) is 10.7. The van der Waals surface area contributed by atoms with E-state index in [1.165, 1.54) is 12.1 Å². The van der Waals surface area contributed by atoms with Crippen molar-refractivity contribution in [2.75, 3.05) is 0 Å². The maximum atomic E-state index is 12.4. The Morgan fingerprint density at radius 1 is 1.05 bits per heavy atom. The van der Waals surface area contributed by atoms with Gasteiger partial charge in [0.1, 0.15) is 5.56 Å². The van der Waals surface area contributed by atoms with Crippen LogP contribution in [0.15, 0.2) is 42.5 Å². The molecule has 0 bridgehead atoms. The Bertz CT molecular complexity index is 662. The van der Waals surface area contributed by atoms with E-state index in [2.05, 4.69) is 0 Å². The zero-order valence-electron chi connectivity index (χ0n) is 10.7. The number of hydrogen-bond acceptors (Lipinski definition) is 3. The molecule has 0 aliphatic heterocycles. The van der Waals surface area contributed by atoms with E-state index in [0.717, 1.165) is 11.1 Å². The van der Waals surface area contributed by atoms with Crippen molar-refractivity contribution in [3.05, 3.63) is 74.8 Å². The molecule has 0 unspecified atom stereocenters. The summed E-state index contributed by atoms with van der Waals surface area (Å²) >= 11 is 0. The third-order valence-corrected chi connectivity index (χ3v) is 2.97. The molecule has 2 aromatic carbocycles. The van der Waals surface area contributed by atoms with Crippen molar-refractivity contribution >= 4 is 11.5 Å². The van der Waals surface area contributed by atoms with Crippen molar-refractivity contribution in [2.24, 2.45) is 0 Å². The van der Waals surface area contributed by atoms with Gasteiger partial charge in [-0.15, -0.1) is 0 Å². The molecule has 0 aliphatic rings. The van der Waals surface area contributed by atoms with Crippen LogP contribution in [-0.2, 0) is 0 Å². The molecule has 2 rings (SSSR count). The van der Waals surface area contributed by atoms with E-state index >= 15 is 0 Å². The number of ketones is 1. The van der Waals surface area contributed by atoms with Crippen LogP contribution in [0.1, 0.15) is 27.0 Å². The van der Waals surface area contributed by atoms with Gasteiger partial charge in [-0.25, -0.2) is 0 Å². The number of benzene rings is 2.